The maximum atomic E-state index is 12.7. The van der Waals surface area contributed by atoms with Crippen molar-refractivity contribution >= 4 is 23.2 Å². The number of hydrogen-bond donors (Lipinski definition) is 1. The highest BCUT2D eigenvalue weighted by molar-refractivity contribution is 6.04. The normalized spacial score (nSPS) is 15.9. The van der Waals surface area contributed by atoms with Crippen molar-refractivity contribution in [2.45, 2.75) is 6.42 Å². The number of nitrogens with zero attached hydrogens (tertiary/aromatic N) is 3. The van der Waals surface area contributed by atoms with Crippen LogP contribution in [0.3, 0.4) is 0 Å². The van der Waals surface area contributed by atoms with Crippen molar-refractivity contribution in [3.8, 4) is 23.0 Å². The lowest BCUT2D eigenvalue weighted by Crippen LogP contribution is -2.28. The smallest absolute Gasteiger partial charge is 0.247 e. The van der Waals surface area contributed by atoms with Crippen molar-refractivity contribution in [2.75, 3.05) is 31.0 Å². The number of rotatable bonds is 6. The number of carbonyl (C=O) groups excluding carboxylic acids is 2. The monoisotopic (exact) mass is 408 g/mol. The zero-order valence-electron chi connectivity index (χ0n) is 16.5. The molecule has 1 aromatic heterocycles. The third-order valence-corrected chi connectivity index (χ3v) is 4.93. The van der Waals surface area contributed by atoms with E-state index in [1.54, 1.807) is 54.5 Å². The third kappa shape index (κ3) is 3.82. The molecule has 2 heterocycles. The summed E-state index contributed by atoms with van der Waals surface area (Å²) in [7, 11) is 3.09. The highest BCUT2D eigenvalue weighted by Crippen LogP contribution is 2.36. The van der Waals surface area contributed by atoms with E-state index in [9.17, 15) is 9.59 Å². The van der Waals surface area contributed by atoms with E-state index in [2.05, 4.69) is 15.5 Å². The van der Waals surface area contributed by atoms with Crippen LogP contribution >= 0.6 is 0 Å². The number of aromatic nitrogens is 2. The molecular weight excluding hydrogens is 388 g/mol. The summed E-state index contributed by atoms with van der Waals surface area (Å²) in [6, 6.07) is 12.3. The molecule has 0 spiro atoms. The van der Waals surface area contributed by atoms with Gasteiger partial charge < -0.3 is 24.1 Å². The van der Waals surface area contributed by atoms with E-state index in [4.69, 9.17) is 13.9 Å². The number of nitrogens with one attached hydrogen (secondary N) is 1. The SMILES string of the molecule is COc1ccc(N2CC(C(=O)Nc3ccc(-c4nnco4)cc3)CC2=O)c(OC)c1. The molecule has 4 rings (SSSR count). The Balaban J connectivity index is 1.44. The largest absolute Gasteiger partial charge is 0.497 e. The predicted molar refractivity (Wildman–Crippen MR) is 108 cm³/mol. The molecule has 2 amide bonds. The Morgan fingerprint density at radius 2 is 1.97 bits per heavy atom. The van der Waals surface area contributed by atoms with Crippen LogP contribution in [0, 0.1) is 5.92 Å². The minimum atomic E-state index is -0.472. The van der Waals surface area contributed by atoms with Crippen LogP contribution in [0.15, 0.2) is 53.3 Å². The van der Waals surface area contributed by atoms with Gasteiger partial charge in [-0.3, -0.25) is 9.59 Å². The topological polar surface area (TPSA) is 107 Å². The number of benzene rings is 2. The lowest BCUT2D eigenvalue weighted by molar-refractivity contribution is -0.122. The van der Waals surface area contributed by atoms with Crippen LogP contribution in [0.25, 0.3) is 11.5 Å². The summed E-state index contributed by atoms with van der Waals surface area (Å²) in [6.45, 7) is 0.271. The summed E-state index contributed by atoms with van der Waals surface area (Å²) < 4.78 is 15.7. The Morgan fingerprint density at radius 3 is 2.63 bits per heavy atom. The minimum Gasteiger partial charge on any atom is -0.497 e. The number of carbonyl (C=O) groups is 2. The summed E-state index contributed by atoms with van der Waals surface area (Å²) in [5.41, 5.74) is 1.98. The third-order valence-electron chi connectivity index (χ3n) is 4.93. The van der Waals surface area contributed by atoms with Crippen LogP contribution in [0.4, 0.5) is 11.4 Å². The van der Waals surface area contributed by atoms with Crippen molar-refractivity contribution in [2.24, 2.45) is 5.92 Å². The summed E-state index contributed by atoms with van der Waals surface area (Å²) in [5.74, 6) is 0.716. The lowest BCUT2D eigenvalue weighted by Gasteiger charge is -2.20. The Labute approximate surface area is 172 Å². The van der Waals surface area contributed by atoms with Gasteiger partial charge in [0.15, 0.2) is 0 Å². The molecule has 9 heteroatoms. The first kappa shape index (κ1) is 19.4. The van der Waals surface area contributed by atoms with Gasteiger partial charge in [-0.05, 0) is 36.4 Å². The van der Waals surface area contributed by atoms with Gasteiger partial charge >= 0.3 is 0 Å². The number of methoxy groups -OCH3 is 2. The van der Waals surface area contributed by atoms with Crippen LogP contribution in [-0.4, -0.2) is 42.8 Å². The highest BCUT2D eigenvalue weighted by Gasteiger charge is 2.36. The molecule has 1 aliphatic heterocycles. The zero-order valence-corrected chi connectivity index (χ0v) is 16.5. The summed E-state index contributed by atoms with van der Waals surface area (Å²) in [6.07, 6.45) is 1.38. The van der Waals surface area contributed by atoms with E-state index in [1.807, 2.05) is 0 Å². The average Bonchev–Trinajstić information content (AvgIpc) is 3.44. The molecule has 1 atom stereocenters. The first-order valence-corrected chi connectivity index (χ1v) is 9.29. The molecule has 30 heavy (non-hydrogen) atoms. The molecule has 1 fully saturated rings. The molecule has 0 radical (unpaired) electrons. The van der Waals surface area contributed by atoms with E-state index in [1.165, 1.54) is 13.5 Å². The predicted octanol–water partition coefficient (Wildman–Crippen LogP) is 2.75. The second-order valence-corrected chi connectivity index (χ2v) is 6.75. The summed E-state index contributed by atoms with van der Waals surface area (Å²) in [5, 5.41) is 10.3. The molecule has 9 nitrogen and oxygen atoms in total. The van der Waals surface area contributed by atoms with Crippen LogP contribution < -0.4 is 19.7 Å². The summed E-state index contributed by atoms with van der Waals surface area (Å²) >= 11 is 0. The van der Waals surface area contributed by atoms with Crippen molar-refractivity contribution < 1.29 is 23.5 Å². The van der Waals surface area contributed by atoms with Crippen molar-refractivity contribution in [3.05, 3.63) is 48.9 Å². The molecule has 0 saturated carbocycles. The molecule has 2 aromatic carbocycles. The Kier molecular flexibility index (Phi) is 5.34. The van der Waals surface area contributed by atoms with Gasteiger partial charge in [0, 0.05) is 30.3 Å². The first-order chi connectivity index (χ1) is 14.6. The Bertz CT molecular complexity index is 1050. The van der Waals surface area contributed by atoms with Gasteiger partial charge in [-0.1, -0.05) is 0 Å². The number of anilines is 2. The van der Waals surface area contributed by atoms with Crippen LogP contribution in [-0.2, 0) is 9.59 Å². The second kappa shape index (κ2) is 8.24. The minimum absolute atomic E-state index is 0.126. The van der Waals surface area contributed by atoms with Crippen molar-refractivity contribution in [3.63, 3.8) is 0 Å². The average molecular weight is 408 g/mol. The van der Waals surface area contributed by atoms with E-state index >= 15 is 0 Å². The van der Waals surface area contributed by atoms with Gasteiger partial charge in [-0.2, -0.15) is 0 Å². The fourth-order valence-corrected chi connectivity index (χ4v) is 3.36. The van der Waals surface area contributed by atoms with Gasteiger partial charge in [-0.15, -0.1) is 10.2 Å². The molecule has 0 aliphatic carbocycles. The van der Waals surface area contributed by atoms with Crippen molar-refractivity contribution in [1.82, 2.24) is 10.2 Å². The number of ether oxygens (including phenoxy) is 2. The second-order valence-electron chi connectivity index (χ2n) is 6.75. The molecule has 1 aliphatic rings. The standard InChI is InChI=1S/C21H20N4O5/c1-28-16-7-8-17(18(10-16)29-2)25-11-14(9-19(25)26)20(27)23-15-5-3-13(4-6-15)21-24-22-12-30-21/h3-8,10,12,14H,9,11H2,1-2H3,(H,23,27). The van der Waals surface area contributed by atoms with Crippen LogP contribution in [0.2, 0.25) is 0 Å². The van der Waals surface area contributed by atoms with Gasteiger partial charge in [-0.25, -0.2) is 0 Å². The fraction of sp³-hybridized carbons (Fsp3) is 0.238. The molecule has 0 bridgehead atoms. The zero-order chi connectivity index (χ0) is 21.1. The molecule has 1 N–H and O–H groups in total. The Hall–Kier alpha value is -3.88. The van der Waals surface area contributed by atoms with E-state index < -0.39 is 5.92 Å². The maximum Gasteiger partial charge on any atom is 0.247 e. The number of amides is 2. The van der Waals surface area contributed by atoms with Crippen molar-refractivity contribution in [1.29, 1.82) is 0 Å². The van der Waals surface area contributed by atoms with E-state index in [0.29, 0.717) is 28.8 Å². The number of hydrogen-bond acceptors (Lipinski definition) is 7. The lowest BCUT2D eigenvalue weighted by atomic mass is 10.1. The van der Waals surface area contributed by atoms with Crippen LogP contribution in [0.1, 0.15) is 6.42 Å². The van der Waals surface area contributed by atoms with Crippen LogP contribution in [0.5, 0.6) is 11.5 Å². The van der Waals surface area contributed by atoms with Gasteiger partial charge in [0.25, 0.3) is 0 Å². The molecule has 1 unspecified atom stereocenters. The summed E-state index contributed by atoms with van der Waals surface area (Å²) in [4.78, 5) is 26.9. The van der Waals surface area contributed by atoms with Gasteiger partial charge in [0.1, 0.15) is 11.5 Å². The molecule has 1 saturated heterocycles. The fourth-order valence-electron chi connectivity index (χ4n) is 3.36. The van der Waals surface area contributed by atoms with E-state index in [0.717, 1.165) is 5.56 Å². The van der Waals surface area contributed by atoms with Gasteiger partial charge in [0.2, 0.25) is 24.1 Å². The van der Waals surface area contributed by atoms with E-state index in [-0.39, 0.29) is 24.8 Å². The molecular formula is C21H20N4O5. The maximum absolute atomic E-state index is 12.7. The van der Waals surface area contributed by atoms with Gasteiger partial charge in [0.05, 0.1) is 25.8 Å². The first-order valence-electron chi connectivity index (χ1n) is 9.29. The Morgan fingerprint density at radius 1 is 1.17 bits per heavy atom. The quantitative estimate of drug-likeness (QED) is 0.668. The highest BCUT2D eigenvalue weighted by atomic mass is 16.5. The molecule has 3 aromatic rings. The molecule has 154 valence electrons.